The molecule has 150 valence electrons. The van der Waals surface area contributed by atoms with Crippen LogP contribution in [0.15, 0.2) is 30.3 Å². The van der Waals surface area contributed by atoms with E-state index >= 15 is 0 Å². The molecule has 8 heteroatoms. The van der Waals surface area contributed by atoms with Gasteiger partial charge in [0, 0.05) is 45.3 Å². The maximum atomic E-state index is 13.8. The summed E-state index contributed by atoms with van der Waals surface area (Å²) >= 11 is 0. The fourth-order valence-electron chi connectivity index (χ4n) is 3.33. The highest BCUT2D eigenvalue weighted by Gasteiger charge is 2.23. The Kier molecular flexibility index (Phi) is 6.38. The number of halogens is 2. The monoisotopic (exact) mass is 389 g/mol. The lowest BCUT2D eigenvalue weighted by Gasteiger charge is -2.35. The van der Waals surface area contributed by atoms with Crippen molar-refractivity contribution in [3.8, 4) is 0 Å². The van der Waals surface area contributed by atoms with Crippen molar-refractivity contribution in [1.82, 2.24) is 15.1 Å². The van der Waals surface area contributed by atoms with Gasteiger partial charge in [0.1, 0.15) is 11.6 Å². The molecule has 28 heavy (non-hydrogen) atoms. The molecule has 1 aromatic heterocycles. The molecule has 1 fully saturated rings. The average molecular weight is 389 g/mol. The van der Waals surface area contributed by atoms with E-state index < -0.39 is 11.6 Å². The van der Waals surface area contributed by atoms with Crippen molar-refractivity contribution >= 4 is 17.5 Å². The molecule has 0 radical (unpaired) electrons. The minimum absolute atomic E-state index is 0.0650. The highest BCUT2D eigenvalue weighted by atomic mass is 19.1. The first-order chi connectivity index (χ1) is 13.5. The third kappa shape index (κ3) is 4.55. The Hall–Kier alpha value is -2.77. The molecule has 2 heterocycles. The van der Waals surface area contributed by atoms with Crippen molar-refractivity contribution in [3.05, 3.63) is 47.5 Å². The van der Waals surface area contributed by atoms with Crippen LogP contribution in [0.1, 0.15) is 19.4 Å². The van der Waals surface area contributed by atoms with Gasteiger partial charge in [0.05, 0.1) is 6.42 Å². The van der Waals surface area contributed by atoms with E-state index in [4.69, 9.17) is 0 Å². The molecular weight excluding hydrogens is 364 g/mol. The Bertz CT molecular complexity index is 803. The number of hydrogen-bond acceptors (Lipinski definition) is 5. The maximum absolute atomic E-state index is 13.8. The number of rotatable bonds is 6. The molecule has 0 saturated carbocycles. The molecule has 2 aromatic rings. The minimum atomic E-state index is -0.685. The number of amides is 1. The van der Waals surface area contributed by atoms with Gasteiger partial charge in [-0.25, -0.2) is 8.78 Å². The fraction of sp³-hybridized carbons (Fsp3) is 0.450. The van der Waals surface area contributed by atoms with Gasteiger partial charge in [0.2, 0.25) is 5.91 Å². The molecule has 0 spiro atoms. The van der Waals surface area contributed by atoms with Crippen LogP contribution in [0.5, 0.6) is 0 Å². The lowest BCUT2D eigenvalue weighted by atomic mass is 10.1. The van der Waals surface area contributed by atoms with Crippen LogP contribution >= 0.6 is 0 Å². The molecule has 0 bridgehead atoms. The van der Waals surface area contributed by atoms with Crippen molar-refractivity contribution in [3.63, 3.8) is 0 Å². The molecule has 1 aliphatic rings. The normalized spacial score (nSPS) is 14.3. The quantitative estimate of drug-likeness (QED) is 0.760. The standard InChI is InChI=1S/C20H25F2N5O/c1-3-25(4-2)18-7-8-19(24-23-18)26-9-11-27(12-10-26)20(28)13-15-5-6-16(21)14-17(15)22/h5-8,14H,3-4,9-13H2,1-2H3. The van der Waals surface area contributed by atoms with E-state index in [9.17, 15) is 13.6 Å². The van der Waals surface area contributed by atoms with Gasteiger partial charge in [-0.2, -0.15) is 0 Å². The van der Waals surface area contributed by atoms with Crippen molar-refractivity contribution < 1.29 is 13.6 Å². The van der Waals surface area contributed by atoms with E-state index in [0.717, 1.165) is 30.8 Å². The van der Waals surface area contributed by atoms with Crippen LogP contribution in [0.2, 0.25) is 0 Å². The predicted octanol–water partition coefficient (Wildman–Crippen LogP) is 2.49. The molecular formula is C20H25F2N5O. The zero-order chi connectivity index (χ0) is 20.1. The Morgan fingerprint density at radius 3 is 2.32 bits per heavy atom. The zero-order valence-corrected chi connectivity index (χ0v) is 16.2. The summed E-state index contributed by atoms with van der Waals surface area (Å²) in [5.74, 6) is 0.149. The molecule has 1 saturated heterocycles. The van der Waals surface area contributed by atoms with Gasteiger partial charge in [-0.05, 0) is 37.6 Å². The van der Waals surface area contributed by atoms with E-state index in [-0.39, 0.29) is 17.9 Å². The van der Waals surface area contributed by atoms with Crippen molar-refractivity contribution in [2.24, 2.45) is 0 Å². The third-order valence-corrected chi connectivity index (χ3v) is 5.04. The first-order valence-electron chi connectivity index (χ1n) is 9.57. The largest absolute Gasteiger partial charge is 0.356 e. The lowest BCUT2D eigenvalue weighted by Crippen LogP contribution is -2.49. The highest BCUT2D eigenvalue weighted by Crippen LogP contribution is 2.17. The molecule has 6 nitrogen and oxygen atoms in total. The van der Waals surface area contributed by atoms with E-state index in [2.05, 4.69) is 33.8 Å². The topological polar surface area (TPSA) is 52.6 Å². The Balaban J connectivity index is 1.56. The molecule has 0 unspecified atom stereocenters. The van der Waals surface area contributed by atoms with Crippen LogP contribution in [-0.2, 0) is 11.2 Å². The Labute approximate surface area is 163 Å². The Morgan fingerprint density at radius 2 is 1.75 bits per heavy atom. The van der Waals surface area contributed by atoms with Gasteiger partial charge >= 0.3 is 0 Å². The van der Waals surface area contributed by atoms with E-state index in [0.29, 0.717) is 26.2 Å². The first kappa shape index (κ1) is 20.0. The number of piperazine rings is 1. The predicted molar refractivity (Wildman–Crippen MR) is 104 cm³/mol. The van der Waals surface area contributed by atoms with Crippen LogP contribution in [0.3, 0.4) is 0 Å². The van der Waals surface area contributed by atoms with Gasteiger partial charge in [0.15, 0.2) is 11.6 Å². The molecule has 0 atom stereocenters. The SMILES string of the molecule is CCN(CC)c1ccc(N2CCN(C(=O)Cc3ccc(F)cc3F)CC2)nn1. The number of carbonyl (C=O) groups excluding carboxylic acids is 1. The molecule has 1 aromatic carbocycles. The van der Waals surface area contributed by atoms with Gasteiger partial charge in [0.25, 0.3) is 0 Å². The average Bonchev–Trinajstić information content (AvgIpc) is 2.71. The summed E-state index contributed by atoms with van der Waals surface area (Å²) in [6.07, 6.45) is -0.0650. The summed E-state index contributed by atoms with van der Waals surface area (Å²) in [5.41, 5.74) is 0.215. The Morgan fingerprint density at radius 1 is 1.04 bits per heavy atom. The summed E-state index contributed by atoms with van der Waals surface area (Å²) in [4.78, 5) is 18.4. The van der Waals surface area contributed by atoms with Crippen molar-refractivity contribution in [2.75, 3.05) is 49.1 Å². The van der Waals surface area contributed by atoms with Gasteiger partial charge in [-0.15, -0.1) is 10.2 Å². The van der Waals surface area contributed by atoms with E-state index in [1.165, 1.54) is 12.1 Å². The number of hydrogen-bond donors (Lipinski definition) is 0. The maximum Gasteiger partial charge on any atom is 0.227 e. The minimum Gasteiger partial charge on any atom is -0.356 e. The third-order valence-electron chi connectivity index (χ3n) is 5.04. The second-order valence-electron chi connectivity index (χ2n) is 6.70. The van der Waals surface area contributed by atoms with E-state index in [1.54, 1.807) is 4.90 Å². The second kappa shape index (κ2) is 8.95. The summed E-state index contributed by atoms with van der Waals surface area (Å²) in [6, 6.07) is 7.22. The lowest BCUT2D eigenvalue weighted by molar-refractivity contribution is -0.130. The fourth-order valence-corrected chi connectivity index (χ4v) is 3.33. The smallest absolute Gasteiger partial charge is 0.227 e. The van der Waals surface area contributed by atoms with Crippen LogP contribution in [0.4, 0.5) is 20.4 Å². The summed E-state index contributed by atoms with van der Waals surface area (Å²) in [5, 5.41) is 8.63. The van der Waals surface area contributed by atoms with Crippen LogP contribution in [0, 0.1) is 11.6 Å². The highest BCUT2D eigenvalue weighted by molar-refractivity contribution is 5.79. The van der Waals surface area contributed by atoms with Crippen molar-refractivity contribution in [2.45, 2.75) is 20.3 Å². The number of nitrogens with zero attached hydrogens (tertiary/aromatic N) is 5. The molecule has 1 amide bonds. The summed E-state index contributed by atoms with van der Waals surface area (Å²) < 4.78 is 26.8. The zero-order valence-electron chi connectivity index (χ0n) is 16.2. The van der Waals surface area contributed by atoms with Crippen LogP contribution in [-0.4, -0.2) is 60.3 Å². The summed E-state index contributed by atoms with van der Waals surface area (Å²) in [7, 11) is 0. The summed E-state index contributed by atoms with van der Waals surface area (Å²) in [6.45, 7) is 8.23. The van der Waals surface area contributed by atoms with Gasteiger partial charge in [-0.1, -0.05) is 6.07 Å². The van der Waals surface area contributed by atoms with Crippen LogP contribution < -0.4 is 9.80 Å². The first-order valence-corrected chi connectivity index (χ1v) is 9.57. The number of benzene rings is 1. The van der Waals surface area contributed by atoms with Gasteiger partial charge in [-0.3, -0.25) is 4.79 Å². The van der Waals surface area contributed by atoms with Crippen LogP contribution in [0.25, 0.3) is 0 Å². The van der Waals surface area contributed by atoms with E-state index in [1.807, 2.05) is 12.1 Å². The molecule has 1 aliphatic heterocycles. The molecule has 3 rings (SSSR count). The van der Waals surface area contributed by atoms with Crippen molar-refractivity contribution in [1.29, 1.82) is 0 Å². The number of aromatic nitrogens is 2. The number of anilines is 2. The number of carbonyl (C=O) groups is 1. The molecule has 0 aliphatic carbocycles. The van der Waals surface area contributed by atoms with Gasteiger partial charge < -0.3 is 14.7 Å². The molecule has 0 N–H and O–H groups in total. The second-order valence-corrected chi connectivity index (χ2v) is 6.70.